The summed E-state index contributed by atoms with van der Waals surface area (Å²) in [5.74, 6) is -0.876. The average molecular weight is 1150 g/mol. The zero-order valence-corrected chi connectivity index (χ0v) is 54.7. The van der Waals surface area contributed by atoms with E-state index in [1.165, 1.54) is 186 Å². The molecule has 0 amide bonds. The molecule has 0 aromatic heterocycles. The number of esters is 3. The van der Waals surface area contributed by atoms with Crippen LogP contribution in [0.3, 0.4) is 0 Å². The lowest BCUT2D eigenvalue weighted by Gasteiger charge is -2.18. The number of hydrogen-bond donors (Lipinski definition) is 0. The van der Waals surface area contributed by atoms with Crippen LogP contribution in [0.15, 0.2) is 109 Å². The zero-order chi connectivity index (χ0) is 59.9. The minimum atomic E-state index is -0.782. The highest BCUT2D eigenvalue weighted by Gasteiger charge is 2.19. The van der Waals surface area contributed by atoms with Crippen molar-refractivity contribution in [3.63, 3.8) is 0 Å². The van der Waals surface area contributed by atoms with Gasteiger partial charge in [-0.05, 0) is 109 Å². The quantitative estimate of drug-likeness (QED) is 0.0261. The molecule has 476 valence electrons. The summed E-state index contributed by atoms with van der Waals surface area (Å²) in [5.41, 5.74) is 0. The van der Waals surface area contributed by atoms with Gasteiger partial charge in [0.1, 0.15) is 13.2 Å². The molecule has 0 aliphatic rings. The fourth-order valence-corrected chi connectivity index (χ4v) is 9.99. The van der Waals surface area contributed by atoms with Gasteiger partial charge in [0.2, 0.25) is 0 Å². The second kappa shape index (κ2) is 70.6. The Hall–Kier alpha value is -3.93. The molecule has 0 aromatic carbocycles. The molecule has 0 radical (unpaired) electrons. The van der Waals surface area contributed by atoms with Gasteiger partial charge in [0.25, 0.3) is 0 Å². The molecule has 0 aliphatic heterocycles. The summed E-state index contributed by atoms with van der Waals surface area (Å²) in [6.45, 7) is 6.55. The second-order valence-electron chi connectivity index (χ2n) is 23.4. The summed E-state index contributed by atoms with van der Waals surface area (Å²) >= 11 is 0. The van der Waals surface area contributed by atoms with Crippen molar-refractivity contribution in [2.45, 2.75) is 348 Å². The maximum atomic E-state index is 12.9. The first-order valence-electron chi connectivity index (χ1n) is 35.4. The highest BCUT2D eigenvalue weighted by molar-refractivity contribution is 5.71. The highest BCUT2D eigenvalue weighted by Crippen LogP contribution is 2.17. The topological polar surface area (TPSA) is 78.9 Å². The predicted molar refractivity (Wildman–Crippen MR) is 362 cm³/mol. The Labute approximate surface area is 514 Å². The molecule has 0 aliphatic carbocycles. The van der Waals surface area contributed by atoms with Crippen molar-refractivity contribution in [3.05, 3.63) is 109 Å². The molecule has 83 heavy (non-hydrogen) atoms. The van der Waals surface area contributed by atoms with Gasteiger partial charge < -0.3 is 14.2 Å². The molecule has 0 N–H and O–H groups in total. The molecule has 0 heterocycles. The first kappa shape index (κ1) is 79.1. The van der Waals surface area contributed by atoms with E-state index < -0.39 is 6.10 Å². The van der Waals surface area contributed by atoms with Gasteiger partial charge in [-0.15, -0.1) is 0 Å². The van der Waals surface area contributed by atoms with Crippen molar-refractivity contribution in [1.82, 2.24) is 0 Å². The molecule has 6 heteroatoms. The SMILES string of the molecule is CC/C=C\C/C=C\C/C=C\C/C=C\C/C=C\C/C=C\C/C=C\C/C=C\CCCCCCCCCCC(=O)OCC(COC(=O)CCCCCCCCCCCCC)OC(=O)CCCCCCCCCCC/C=C\CCCCCCCCCC. The third-order valence-electron chi connectivity index (χ3n) is 15.3. The number of carbonyl (C=O) groups is 3. The van der Waals surface area contributed by atoms with E-state index in [1.807, 2.05) is 0 Å². The van der Waals surface area contributed by atoms with Crippen LogP contribution in [0.4, 0.5) is 0 Å². The van der Waals surface area contributed by atoms with Gasteiger partial charge in [-0.2, -0.15) is 0 Å². The molecular weight excluding hydrogens is 1020 g/mol. The first-order chi connectivity index (χ1) is 41.0. The molecule has 0 bridgehead atoms. The molecule has 0 spiro atoms. The number of unbranched alkanes of at least 4 members (excludes halogenated alkanes) is 35. The van der Waals surface area contributed by atoms with Crippen molar-refractivity contribution < 1.29 is 28.6 Å². The molecule has 0 rings (SSSR count). The van der Waals surface area contributed by atoms with Gasteiger partial charge >= 0.3 is 17.9 Å². The van der Waals surface area contributed by atoms with Crippen LogP contribution in [0.1, 0.15) is 342 Å². The molecule has 1 atom stereocenters. The van der Waals surface area contributed by atoms with Crippen LogP contribution >= 0.6 is 0 Å². The normalized spacial score (nSPS) is 12.8. The number of ether oxygens (including phenoxy) is 3. The highest BCUT2D eigenvalue weighted by atomic mass is 16.6. The van der Waals surface area contributed by atoms with Gasteiger partial charge in [-0.1, -0.05) is 323 Å². The predicted octanol–water partition coefficient (Wildman–Crippen LogP) is 24.6. The molecule has 6 nitrogen and oxygen atoms in total. The summed E-state index contributed by atoms with van der Waals surface area (Å²) in [7, 11) is 0. The summed E-state index contributed by atoms with van der Waals surface area (Å²) < 4.78 is 17.0. The summed E-state index contributed by atoms with van der Waals surface area (Å²) in [6.07, 6.45) is 96.8. The molecule has 0 saturated carbocycles. The van der Waals surface area contributed by atoms with Crippen LogP contribution in [0.25, 0.3) is 0 Å². The van der Waals surface area contributed by atoms with Crippen molar-refractivity contribution in [2.24, 2.45) is 0 Å². The lowest BCUT2D eigenvalue weighted by atomic mass is 10.1. The Morgan fingerprint density at radius 1 is 0.253 bits per heavy atom. The molecule has 1 unspecified atom stereocenters. The zero-order valence-electron chi connectivity index (χ0n) is 54.7. The fourth-order valence-electron chi connectivity index (χ4n) is 9.99. The Morgan fingerprint density at radius 2 is 0.470 bits per heavy atom. The minimum Gasteiger partial charge on any atom is -0.462 e. The lowest BCUT2D eigenvalue weighted by molar-refractivity contribution is -0.167. The summed E-state index contributed by atoms with van der Waals surface area (Å²) in [4.78, 5) is 38.4. The molecule has 0 fully saturated rings. The number of hydrogen-bond acceptors (Lipinski definition) is 6. The van der Waals surface area contributed by atoms with E-state index in [9.17, 15) is 14.4 Å². The van der Waals surface area contributed by atoms with Crippen molar-refractivity contribution in [2.75, 3.05) is 13.2 Å². The second-order valence-corrected chi connectivity index (χ2v) is 23.4. The Kier molecular flexibility index (Phi) is 67.2. The van der Waals surface area contributed by atoms with Crippen LogP contribution in [-0.2, 0) is 28.6 Å². The molecule has 0 saturated heterocycles. The largest absolute Gasteiger partial charge is 0.462 e. The van der Waals surface area contributed by atoms with E-state index in [-0.39, 0.29) is 31.1 Å². The maximum absolute atomic E-state index is 12.9. The summed E-state index contributed by atoms with van der Waals surface area (Å²) in [6, 6.07) is 0. The Morgan fingerprint density at radius 3 is 0.747 bits per heavy atom. The van der Waals surface area contributed by atoms with Gasteiger partial charge in [0.05, 0.1) is 0 Å². The number of rotatable bonds is 64. The smallest absolute Gasteiger partial charge is 0.306 e. The van der Waals surface area contributed by atoms with Gasteiger partial charge in [-0.3, -0.25) is 14.4 Å². The maximum Gasteiger partial charge on any atom is 0.306 e. The van der Waals surface area contributed by atoms with Crippen LogP contribution < -0.4 is 0 Å². The van der Waals surface area contributed by atoms with Gasteiger partial charge in [0.15, 0.2) is 6.10 Å². The van der Waals surface area contributed by atoms with E-state index in [0.717, 1.165) is 116 Å². The van der Waals surface area contributed by atoms with Crippen molar-refractivity contribution in [3.8, 4) is 0 Å². The Balaban J connectivity index is 4.24. The third kappa shape index (κ3) is 68.7. The van der Waals surface area contributed by atoms with E-state index in [2.05, 4.69) is 130 Å². The fraction of sp³-hybridized carbons (Fsp3) is 0.727. The minimum absolute atomic E-state index is 0.0779. The molecule has 0 aromatic rings. The Bertz CT molecular complexity index is 1660. The third-order valence-corrected chi connectivity index (χ3v) is 15.3. The van der Waals surface area contributed by atoms with E-state index >= 15 is 0 Å². The standard InChI is InChI=1S/C77H132O6/c1-4-7-10-13-16-19-22-24-26-28-30-32-33-34-35-36-37-38-39-40-41-42-43-45-46-48-50-52-55-58-61-64-67-70-76(79)82-73-74(72-81-75(78)69-66-63-60-57-54-21-18-15-12-9-6-3)83-77(80)71-68-65-62-59-56-53-51-49-47-44-31-29-27-25-23-20-17-14-11-8-5-2/h7,10,16,19,24,26,29-32,34-35,37-38,40-41,43,45,74H,4-6,8-9,11-15,17-18,20-23,25,27-28,33,36,39,42,44,46-73H2,1-3H3/b10-7-,19-16-,26-24-,31-29-,32-30-,35-34-,38-37-,41-40-,45-43-. The van der Waals surface area contributed by atoms with Crippen LogP contribution in [0.5, 0.6) is 0 Å². The number of allylic oxidation sites excluding steroid dienone is 18. The van der Waals surface area contributed by atoms with Gasteiger partial charge in [0, 0.05) is 19.3 Å². The van der Waals surface area contributed by atoms with Crippen LogP contribution in [0, 0.1) is 0 Å². The summed E-state index contributed by atoms with van der Waals surface area (Å²) in [5, 5.41) is 0. The van der Waals surface area contributed by atoms with Crippen molar-refractivity contribution >= 4 is 17.9 Å². The van der Waals surface area contributed by atoms with Crippen LogP contribution in [-0.4, -0.2) is 37.2 Å². The van der Waals surface area contributed by atoms with E-state index in [0.29, 0.717) is 19.3 Å². The lowest BCUT2D eigenvalue weighted by Crippen LogP contribution is -2.30. The van der Waals surface area contributed by atoms with Gasteiger partial charge in [-0.25, -0.2) is 0 Å². The first-order valence-corrected chi connectivity index (χ1v) is 35.4. The van der Waals surface area contributed by atoms with E-state index in [4.69, 9.17) is 14.2 Å². The monoisotopic (exact) mass is 1150 g/mol. The van der Waals surface area contributed by atoms with Crippen LogP contribution in [0.2, 0.25) is 0 Å². The molecular formula is C77H132O6. The van der Waals surface area contributed by atoms with E-state index in [1.54, 1.807) is 0 Å². The van der Waals surface area contributed by atoms with Crippen molar-refractivity contribution in [1.29, 1.82) is 0 Å². The average Bonchev–Trinajstić information content (AvgIpc) is 3.48. The number of carbonyl (C=O) groups excluding carboxylic acids is 3.